The molecule has 4 fully saturated rings. The second-order valence-electron chi connectivity index (χ2n) is 18.2. The molecule has 0 unspecified atom stereocenters. The molecule has 2 aromatic carbocycles. The molecular weight excluding hydrogens is 716 g/mol. The lowest BCUT2D eigenvalue weighted by Gasteiger charge is -2.71. The first kappa shape index (κ1) is 40.6. The summed E-state index contributed by atoms with van der Waals surface area (Å²) in [4.78, 5) is 41.3. The molecule has 2 aliphatic heterocycles. The fourth-order valence-corrected chi connectivity index (χ4v) is 11.3. The Balaban J connectivity index is 1.45. The van der Waals surface area contributed by atoms with Gasteiger partial charge in [-0.25, -0.2) is 9.59 Å². The Bertz CT molecular complexity index is 1840. The molecule has 56 heavy (non-hydrogen) atoms. The lowest BCUT2D eigenvalue weighted by Crippen LogP contribution is -2.82. The zero-order chi connectivity index (χ0) is 40.5. The van der Waals surface area contributed by atoms with Gasteiger partial charge < -0.3 is 38.6 Å². The molecule has 13 atom stereocenters. The number of aliphatic hydroxyl groups excluding tert-OH is 1. The Kier molecular flexibility index (Phi) is 10.6. The van der Waals surface area contributed by atoms with Gasteiger partial charge >= 0.3 is 17.9 Å². The second-order valence-corrected chi connectivity index (χ2v) is 18.2. The zero-order valence-electron chi connectivity index (χ0n) is 34.0. The molecular formula is C45H58O11. The molecule has 0 amide bonds. The van der Waals surface area contributed by atoms with Crippen molar-refractivity contribution in [3.8, 4) is 0 Å². The Labute approximate surface area is 330 Å². The molecule has 0 aromatic heterocycles. The highest BCUT2D eigenvalue weighted by Gasteiger charge is 2.79. The molecule has 11 heteroatoms. The monoisotopic (exact) mass is 774 g/mol. The highest BCUT2D eigenvalue weighted by Crippen LogP contribution is 2.68. The van der Waals surface area contributed by atoms with E-state index in [-0.39, 0.29) is 30.4 Å². The van der Waals surface area contributed by atoms with E-state index >= 15 is 0 Å². The fraction of sp³-hybridized carbons (Fsp3) is 0.622. The first-order valence-corrected chi connectivity index (χ1v) is 20.1. The van der Waals surface area contributed by atoms with Gasteiger partial charge in [0.05, 0.1) is 30.3 Å². The summed E-state index contributed by atoms with van der Waals surface area (Å²) in [5, 5.41) is 25.0. The molecule has 7 rings (SSSR count). The minimum Gasteiger partial charge on any atom is -0.456 e. The van der Waals surface area contributed by atoms with Crippen LogP contribution in [0.3, 0.4) is 0 Å². The highest BCUT2D eigenvalue weighted by atomic mass is 16.7. The number of esters is 3. The molecule has 2 aromatic rings. The number of rotatable bonds is 9. The smallest absolute Gasteiger partial charge is 0.338 e. The van der Waals surface area contributed by atoms with Crippen molar-refractivity contribution in [1.29, 1.82) is 0 Å². The van der Waals surface area contributed by atoms with E-state index < -0.39 is 94.7 Å². The molecule has 0 spiro atoms. The van der Waals surface area contributed by atoms with Crippen LogP contribution in [0.2, 0.25) is 0 Å². The molecule has 2 saturated carbocycles. The van der Waals surface area contributed by atoms with Gasteiger partial charge in [0, 0.05) is 42.1 Å². The van der Waals surface area contributed by atoms with E-state index in [0.29, 0.717) is 12.8 Å². The fourth-order valence-electron chi connectivity index (χ4n) is 11.3. The summed E-state index contributed by atoms with van der Waals surface area (Å²) >= 11 is 0. The number of carbonyl (C=O) groups is 3. The number of ether oxygens (including phenoxy) is 6. The van der Waals surface area contributed by atoms with Gasteiger partial charge in [0.25, 0.3) is 0 Å². The topological polar surface area (TPSA) is 147 Å². The minimum absolute atomic E-state index is 0.00338. The highest BCUT2D eigenvalue weighted by molar-refractivity contribution is 5.89. The van der Waals surface area contributed by atoms with E-state index in [9.17, 15) is 24.6 Å². The molecule has 3 aliphatic carbocycles. The van der Waals surface area contributed by atoms with Crippen LogP contribution >= 0.6 is 0 Å². The normalized spacial score (nSPS) is 38.1. The Morgan fingerprint density at radius 3 is 2.16 bits per heavy atom. The van der Waals surface area contributed by atoms with Gasteiger partial charge in [-0.3, -0.25) is 4.79 Å². The van der Waals surface area contributed by atoms with Crippen molar-refractivity contribution >= 4 is 17.9 Å². The van der Waals surface area contributed by atoms with Crippen LogP contribution in [0.15, 0.2) is 71.8 Å². The maximum atomic E-state index is 14.4. The number of aliphatic hydroxyl groups is 2. The van der Waals surface area contributed by atoms with Crippen LogP contribution in [0.25, 0.3) is 0 Å². The third-order valence-corrected chi connectivity index (χ3v) is 13.9. The number of carbonyl (C=O) groups excluding carboxylic acids is 3. The van der Waals surface area contributed by atoms with Crippen LogP contribution in [0, 0.1) is 34.5 Å². The Morgan fingerprint density at radius 1 is 0.929 bits per heavy atom. The van der Waals surface area contributed by atoms with E-state index in [1.54, 1.807) is 30.3 Å². The second kappa shape index (κ2) is 14.6. The third kappa shape index (κ3) is 6.33. The number of fused-ring (bicyclic) bond motifs is 4. The van der Waals surface area contributed by atoms with Crippen molar-refractivity contribution < 1.29 is 53.0 Å². The van der Waals surface area contributed by atoms with Crippen molar-refractivity contribution in [3.63, 3.8) is 0 Å². The Hall–Kier alpha value is -3.61. The number of hydrogen-bond acceptors (Lipinski definition) is 11. The minimum atomic E-state index is -1.93. The summed E-state index contributed by atoms with van der Waals surface area (Å²) in [6, 6.07) is 18.2. The average Bonchev–Trinajstić information content (AvgIpc) is 3.14. The van der Waals surface area contributed by atoms with E-state index in [0.717, 1.165) is 16.7 Å². The van der Waals surface area contributed by atoms with E-state index in [1.807, 2.05) is 78.8 Å². The summed E-state index contributed by atoms with van der Waals surface area (Å²) < 4.78 is 39.6. The first-order chi connectivity index (χ1) is 26.4. The summed E-state index contributed by atoms with van der Waals surface area (Å²) in [5.74, 6) is -3.48. The Morgan fingerprint density at radius 2 is 1.57 bits per heavy atom. The third-order valence-electron chi connectivity index (χ3n) is 13.9. The maximum Gasteiger partial charge on any atom is 0.338 e. The zero-order valence-corrected chi connectivity index (χ0v) is 34.0. The SMILES string of the molecule is CC(=O)O[C@@]12CO[C@@H]1C[C@@H]1O[C@H](c3ccccc3)O[C@H]3[C@H](C)C4=C(C)[C@@H](OC(=O)[C@H](O)[C@@H](C)CC(C)C)C[C@@](O)([C@@H](OC(=O)c5ccccc5)[C@H]2[C@@]13C)C4(C)C. The van der Waals surface area contributed by atoms with Gasteiger partial charge in [-0.05, 0) is 42.9 Å². The molecule has 0 radical (unpaired) electrons. The predicted molar refractivity (Wildman–Crippen MR) is 205 cm³/mol. The van der Waals surface area contributed by atoms with Crippen molar-refractivity contribution in [2.45, 2.75) is 136 Å². The number of benzene rings is 2. The van der Waals surface area contributed by atoms with E-state index in [2.05, 4.69) is 6.92 Å². The molecule has 11 nitrogen and oxygen atoms in total. The number of hydrogen-bond donors (Lipinski definition) is 2. The van der Waals surface area contributed by atoms with Crippen LogP contribution in [0.4, 0.5) is 0 Å². The van der Waals surface area contributed by atoms with Gasteiger partial charge in [-0.2, -0.15) is 0 Å². The quantitative estimate of drug-likeness (QED) is 0.164. The molecule has 2 saturated heterocycles. The van der Waals surface area contributed by atoms with Gasteiger partial charge in [-0.15, -0.1) is 0 Å². The predicted octanol–water partition coefficient (Wildman–Crippen LogP) is 6.50. The van der Waals surface area contributed by atoms with Crippen LogP contribution in [-0.4, -0.2) is 82.6 Å². The average molecular weight is 775 g/mol. The van der Waals surface area contributed by atoms with Gasteiger partial charge in [0.1, 0.15) is 23.9 Å². The van der Waals surface area contributed by atoms with Crippen LogP contribution in [-0.2, 0) is 38.0 Å². The van der Waals surface area contributed by atoms with Crippen LogP contribution in [0.1, 0.15) is 104 Å². The standard InChI is InChI=1S/C45H58O11/c1-24(2)20-25(3)35(47)40(49)52-31-22-45(50)38(54-39(48)29-16-12-10-13-17-29)36-43(9)32(21-33-44(36,23-51-33)56-28(6)46)53-41(30-18-14-11-15-19-30)55-37(43)27(5)34(26(31)4)42(45,7)8/h10-19,24-25,27,31-33,35-38,41,47,50H,20-23H2,1-9H3/t25-,27+,31-,32-,33+,35+,36-,37-,38-,41-,43+,44-,45+/m0/s1. The maximum absolute atomic E-state index is 14.4. The molecule has 2 bridgehead atoms. The van der Waals surface area contributed by atoms with Crippen molar-refractivity contribution in [2.75, 3.05) is 6.61 Å². The van der Waals surface area contributed by atoms with Crippen LogP contribution in [0.5, 0.6) is 0 Å². The largest absolute Gasteiger partial charge is 0.456 e. The van der Waals surface area contributed by atoms with Gasteiger partial charge in [0.2, 0.25) is 0 Å². The summed E-state index contributed by atoms with van der Waals surface area (Å²) in [5.41, 5.74) is -2.81. The first-order valence-electron chi connectivity index (χ1n) is 20.1. The summed E-state index contributed by atoms with van der Waals surface area (Å²) in [6.45, 7) is 17.1. The summed E-state index contributed by atoms with van der Waals surface area (Å²) in [7, 11) is 0. The molecule has 2 N–H and O–H groups in total. The molecule has 2 heterocycles. The van der Waals surface area contributed by atoms with E-state index in [1.165, 1.54) is 6.92 Å². The lowest BCUT2D eigenvalue weighted by atomic mass is 9.43. The van der Waals surface area contributed by atoms with E-state index in [4.69, 9.17) is 28.4 Å². The van der Waals surface area contributed by atoms with Crippen molar-refractivity contribution in [1.82, 2.24) is 0 Å². The lowest BCUT2D eigenvalue weighted by molar-refractivity contribution is -0.411. The van der Waals surface area contributed by atoms with Crippen molar-refractivity contribution in [3.05, 3.63) is 82.9 Å². The van der Waals surface area contributed by atoms with Gasteiger partial charge in [0.15, 0.2) is 18.0 Å². The van der Waals surface area contributed by atoms with Crippen molar-refractivity contribution in [2.24, 2.45) is 34.5 Å². The van der Waals surface area contributed by atoms with Gasteiger partial charge in [-0.1, -0.05) is 103 Å². The molecule has 304 valence electrons. The summed E-state index contributed by atoms with van der Waals surface area (Å²) in [6.07, 6.45) is -5.56. The van der Waals surface area contributed by atoms with Crippen LogP contribution < -0.4 is 0 Å². The molecule has 5 aliphatic rings.